The maximum Gasteiger partial charge on any atom is 0.241 e. The molecular formula is C21H26N2O4S. The van der Waals surface area contributed by atoms with Gasteiger partial charge in [-0.25, -0.2) is 8.42 Å². The molecule has 0 bridgehead atoms. The van der Waals surface area contributed by atoms with Gasteiger partial charge in [-0.05, 0) is 43.9 Å². The lowest BCUT2D eigenvalue weighted by molar-refractivity contribution is -0.123. The predicted molar refractivity (Wildman–Crippen MR) is 107 cm³/mol. The number of sulfonamides is 1. The summed E-state index contributed by atoms with van der Waals surface area (Å²) in [6.45, 7) is 2.98. The van der Waals surface area contributed by atoms with Crippen LogP contribution in [0.1, 0.15) is 24.0 Å². The van der Waals surface area contributed by atoms with Crippen molar-refractivity contribution in [2.45, 2.75) is 43.2 Å². The van der Waals surface area contributed by atoms with E-state index in [1.54, 1.807) is 24.3 Å². The van der Waals surface area contributed by atoms with Crippen LogP contribution in [-0.2, 0) is 26.0 Å². The van der Waals surface area contributed by atoms with E-state index in [-0.39, 0.29) is 23.3 Å². The highest BCUT2D eigenvalue weighted by molar-refractivity contribution is 7.89. The van der Waals surface area contributed by atoms with E-state index < -0.39 is 16.1 Å². The van der Waals surface area contributed by atoms with Crippen LogP contribution in [0.2, 0.25) is 0 Å². The molecule has 0 aliphatic carbocycles. The van der Waals surface area contributed by atoms with Gasteiger partial charge < -0.3 is 10.1 Å². The molecule has 1 amide bonds. The topological polar surface area (TPSA) is 84.5 Å². The van der Waals surface area contributed by atoms with Gasteiger partial charge in [0.1, 0.15) is 6.04 Å². The lowest BCUT2D eigenvalue weighted by Gasteiger charge is -2.20. The zero-order valence-electron chi connectivity index (χ0n) is 15.9. The monoisotopic (exact) mass is 402 g/mol. The molecule has 1 saturated heterocycles. The van der Waals surface area contributed by atoms with Crippen molar-refractivity contribution in [1.82, 2.24) is 10.0 Å². The number of aryl methyl sites for hydroxylation is 1. The molecule has 0 saturated carbocycles. The van der Waals surface area contributed by atoms with Gasteiger partial charge in [0.15, 0.2) is 0 Å². The van der Waals surface area contributed by atoms with Crippen molar-refractivity contribution in [2.75, 3.05) is 13.2 Å². The summed E-state index contributed by atoms with van der Waals surface area (Å²) in [5.41, 5.74) is 1.85. The quantitative estimate of drug-likeness (QED) is 0.709. The van der Waals surface area contributed by atoms with Gasteiger partial charge in [0.25, 0.3) is 0 Å². The zero-order chi connectivity index (χ0) is 20.0. The fourth-order valence-corrected chi connectivity index (χ4v) is 4.35. The average molecular weight is 403 g/mol. The Bertz CT molecular complexity index is 876. The van der Waals surface area contributed by atoms with Crippen LogP contribution < -0.4 is 10.0 Å². The third-order valence-electron chi connectivity index (χ3n) is 4.76. The molecule has 1 fully saturated rings. The first-order valence-corrected chi connectivity index (χ1v) is 10.9. The van der Waals surface area contributed by atoms with Crippen molar-refractivity contribution < 1.29 is 17.9 Å². The van der Waals surface area contributed by atoms with E-state index in [2.05, 4.69) is 10.0 Å². The van der Waals surface area contributed by atoms with Crippen molar-refractivity contribution in [2.24, 2.45) is 0 Å². The van der Waals surface area contributed by atoms with E-state index in [1.807, 2.05) is 37.3 Å². The minimum Gasteiger partial charge on any atom is -0.376 e. The number of rotatable bonds is 8. The molecule has 6 nitrogen and oxygen atoms in total. The van der Waals surface area contributed by atoms with Gasteiger partial charge in [-0.2, -0.15) is 4.72 Å². The molecule has 1 aliphatic rings. The van der Waals surface area contributed by atoms with E-state index in [1.165, 1.54) is 0 Å². The predicted octanol–water partition coefficient (Wildman–Crippen LogP) is 2.18. The lowest BCUT2D eigenvalue weighted by atomic mass is 10.1. The van der Waals surface area contributed by atoms with Gasteiger partial charge in [-0.15, -0.1) is 0 Å². The van der Waals surface area contributed by atoms with Crippen LogP contribution in [0.5, 0.6) is 0 Å². The Kier molecular flexibility index (Phi) is 6.83. The fourth-order valence-electron chi connectivity index (χ4n) is 3.15. The summed E-state index contributed by atoms with van der Waals surface area (Å²) in [6, 6.07) is 15.0. The maximum atomic E-state index is 12.8. The van der Waals surface area contributed by atoms with Crippen molar-refractivity contribution in [1.29, 1.82) is 0 Å². The Morgan fingerprint density at radius 2 is 1.86 bits per heavy atom. The standard InChI is InChI=1S/C21H26N2O4S/c1-16-9-11-19(12-10-16)28(25,26)23-20(14-17-6-3-2-4-7-17)21(24)22-15-18-8-5-13-27-18/h2-4,6-7,9-12,18,20,23H,5,8,13-15H2,1H3,(H,22,24)/t18-,20+/m0/s1. The molecule has 3 rings (SSSR count). The largest absolute Gasteiger partial charge is 0.376 e. The van der Waals surface area contributed by atoms with E-state index in [0.29, 0.717) is 13.2 Å². The number of benzene rings is 2. The molecule has 7 heteroatoms. The molecule has 2 aromatic rings. The smallest absolute Gasteiger partial charge is 0.241 e. The number of hydrogen-bond donors (Lipinski definition) is 2. The number of carbonyl (C=O) groups excluding carboxylic acids is 1. The molecular weight excluding hydrogens is 376 g/mol. The highest BCUT2D eigenvalue weighted by atomic mass is 32.2. The summed E-state index contributed by atoms with van der Waals surface area (Å²) in [4.78, 5) is 12.9. The molecule has 1 heterocycles. The summed E-state index contributed by atoms with van der Waals surface area (Å²) in [5.74, 6) is -0.352. The maximum absolute atomic E-state index is 12.8. The van der Waals surface area contributed by atoms with Crippen LogP contribution in [0, 0.1) is 6.92 Å². The van der Waals surface area contributed by atoms with Crippen molar-refractivity contribution in [3.8, 4) is 0 Å². The molecule has 0 unspecified atom stereocenters. The fraction of sp³-hybridized carbons (Fsp3) is 0.381. The van der Waals surface area contributed by atoms with Gasteiger partial charge in [0, 0.05) is 13.2 Å². The van der Waals surface area contributed by atoms with Crippen LogP contribution in [0.3, 0.4) is 0 Å². The first-order valence-electron chi connectivity index (χ1n) is 9.46. The lowest BCUT2D eigenvalue weighted by Crippen LogP contribution is -2.49. The molecule has 0 radical (unpaired) electrons. The van der Waals surface area contributed by atoms with E-state index in [4.69, 9.17) is 4.74 Å². The number of carbonyl (C=O) groups is 1. The van der Waals surface area contributed by atoms with Crippen molar-refractivity contribution >= 4 is 15.9 Å². The Hall–Kier alpha value is -2.22. The first kappa shape index (κ1) is 20.5. The van der Waals surface area contributed by atoms with Crippen LogP contribution in [-0.4, -0.2) is 39.6 Å². The summed E-state index contributed by atoms with van der Waals surface area (Å²) in [7, 11) is -3.82. The van der Waals surface area contributed by atoms with Crippen LogP contribution in [0.15, 0.2) is 59.5 Å². The minimum atomic E-state index is -3.82. The Morgan fingerprint density at radius 1 is 1.14 bits per heavy atom. The first-order chi connectivity index (χ1) is 13.4. The van der Waals surface area contributed by atoms with Gasteiger partial charge >= 0.3 is 0 Å². The van der Waals surface area contributed by atoms with E-state index in [9.17, 15) is 13.2 Å². The summed E-state index contributed by atoms with van der Waals surface area (Å²) >= 11 is 0. The average Bonchev–Trinajstić information content (AvgIpc) is 3.20. The second-order valence-electron chi connectivity index (χ2n) is 7.06. The molecule has 2 aromatic carbocycles. The molecule has 2 N–H and O–H groups in total. The summed E-state index contributed by atoms with van der Waals surface area (Å²) in [6.07, 6.45) is 2.14. The second kappa shape index (κ2) is 9.32. The highest BCUT2D eigenvalue weighted by Crippen LogP contribution is 2.14. The number of hydrogen-bond acceptors (Lipinski definition) is 4. The molecule has 150 valence electrons. The van der Waals surface area contributed by atoms with E-state index in [0.717, 1.165) is 24.0 Å². The van der Waals surface area contributed by atoms with Crippen LogP contribution in [0.25, 0.3) is 0 Å². The van der Waals surface area contributed by atoms with Gasteiger partial charge in [0.05, 0.1) is 11.0 Å². The molecule has 0 aromatic heterocycles. The summed E-state index contributed by atoms with van der Waals surface area (Å²) in [5, 5.41) is 2.84. The number of nitrogens with one attached hydrogen (secondary N) is 2. The molecule has 1 aliphatic heterocycles. The van der Waals surface area contributed by atoms with Gasteiger partial charge in [-0.3, -0.25) is 4.79 Å². The number of ether oxygens (including phenoxy) is 1. The second-order valence-corrected chi connectivity index (χ2v) is 8.77. The Labute approximate surface area is 166 Å². The van der Waals surface area contributed by atoms with Gasteiger partial charge in [0.2, 0.25) is 15.9 Å². The molecule has 28 heavy (non-hydrogen) atoms. The summed E-state index contributed by atoms with van der Waals surface area (Å²) < 4.78 is 33.7. The molecule has 2 atom stereocenters. The van der Waals surface area contributed by atoms with E-state index >= 15 is 0 Å². The molecule has 0 spiro atoms. The number of amides is 1. The normalized spacial score (nSPS) is 18.0. The SMILES string of the molecule is Cc1ccc(S(=O)(=O)N[C@H](Cc2ccccc2)C(=O)NC[C@@H]2CCCO2)cc1. The Balaban J connectivity index is 1.74. The highest BCUT2D eigenvalue weighted by Gasteiger charge is 2.27. The van der Waals surface area contributed by atoms with Gasteiger partial charge in [-0.1, -0.05) is 48.0 Å². The minimum absolute atomic E-state index is 0.00460. The van der Waals surface area contributed by atoms with Crippen molar-refractivity contribution in [3.05, 3.63) is 65.7 Å². The third-order valence-corrected chi connectivity index (χ3v) is 6.24. The Morgan fingerprint density at radius 3 is 2.50 bits per heavy atom. The zero-order valence-corrected chi connectivity index (χ0v) is 16.7. The van der Waals surface area contributed by atoms with Crippen molar-refractivity contribution in [3.63, 3.8) is 0 Å². The van der Waals surface area contributed by atoms with Crippen LogP contribution >= 0.6 is 0 Å². The van der Waals surface area contributed by atoms with Crippen LogP contribution in [0.4, 0.5) is 0 Å². The third kappa shape index (κ3) is 5.64.